The average Bonchev–Trinajstić information content (AvgIpc) is 3.18. The molecule has 2 atom stereocenters. The van der Waals surface area contributed by atoms with Crippen LogP contribution in [0.3, 0.4) is 0 Å². The highest BCUT2D eigenvalue weighted by atomic mass is 16.5. The van der Waals surface area contributed by atoms with Crippen molar-refractivity contribution in [1.82, 2.24) is 0 Å². The van der Waals surface area contributed by atoms with Gasteiger partial charge in [-0.2, -0.15) is 0 Å². The maximum atomic E-state index is 11.3. The molecule has 2 aliphatic heterocycles. The summed E-state index contributed by atoms with van der Waals surface area (Å²) in [5.74, 6) is 2.32. The Morgan fingerprint density at radius 1 is 1.15 bits per heavy atom. The zero-order valence-electron chi connectivity index (χ0n) is 15.3. The second kappa shape index (κ2) is 5.18. The first kappa shape index (κ1) is 16.5. The molecule has 2 aliphatic rings. The van der Waals surface area contributed by atoms with Gasteiger partial charge in [-0.15, -0.1) is 0 Å². The van der Waals surface area contributed by atoms with E-state index in [1.165, 1.54) is 0 Å². The molecule has 0 saturated heterocycles. The first-order chi connectivity index (χ1) is 12.8. The van der Waals surface area contributed by atoms with E-state index >= 15 is 0 Å². The third-order valence-electron chi connectivity index (χ3n) is 5.32. The monoisotopic (exact) mass is 368 g/mol. The third-order valence-corrected chi connectivity index (χ3v) is 5.32. The van der Waals surface area contributed by atoms with Crippen LogP contribution in [0.1, 0.15) is 36.8 Å². The predicted octanol–water partition coefficient (Wildman–Crippen LogP) is 3.38. The number of benzene rings is 2. The zero-order valence-corrected chi connectivity index (χ0v) is 15.3. The van der Waals surface area contributed by atoms with Crippen LogP contribution >= 0.6 is 0 Å². The first-order valence-corrected chi connectivity index (χ1v) is 8.80. The molecule has 0 radical (unpaired) electrons. The van der Waals surface area contributed by atoms with E-state index in [9.17, 15) is 10.2 Å². The van der Waals surface area contributed by atoms with Crippen LogP contribution in [0.2, 0.25) is 0 Å². The van der Waals surface area contributed by atoms with Crippen molar-refractivity contribution >= 4 is 11.0 Å². The number of fused-ring (bicyclic) bond motifs is 6. The summed E-state index contributed by atoms with van der Waals surface area (Å²) in [7, 11) is 1.59. The molecule has 0 fully saturated rings. The largest absolute Gasteiger partial charge is 0.497 e. The lowest BCUT2D eigenvalue weighted by atomic mass is 9.84. The molecule has 0 bridgehead atoms. The van der Waals surface area contributed by atoms with Crippen molar-refractivity contribution in [2.45, 2.75) is 31.2 Å². The lowest BCUT2D eigenvalue weighted by Gasteiger charge is -2.34. The fourth-order valence-corrected chi connectivity index (χ4v) is 3.83. The van der Waals surface area contributed by atoms with Crippen LogP contribution in [0.5, 0.6) is 17.2 Å². The van der Waals surface area contributed by atoms with E-state index in [0.717, 1.165) is 10.9 Å². The van der Waals surface area contributed by atoms with Gasteiger partial charge in [-0.25, -0.2) is 0 Å². The quantitative estimate of drug-likeness (QED) is 0.722. The normalized spacial score (nSPS) is 23.2. The van der Waals surface area contributed by atoms with Crippen molar-refractivity contribution in [3.05, 3.63) is 53.3 Å². The van der Waals surface area contributed by atoms with Gasteiger partial charge in [0.25, 0.3) is 0 Å². The van der Waals surface area contributed by atoms with Crippen molar-refractivity contribution in [2.24, 2.45) is 0 Å². The Balaban J connectivity index is 1.64. The van der Waals surface area contributed by atoms with Gasteiger partial charge in [-0.3, -0.25) is 0 Å². The molecule has 2 aromatic carbocycles. The van der Waals surface area contributed by atoms with Gasteiger partial charge in [-0.05, 0) is 38.1 Å². The van der Waals surface area contributed by atoms with Crippen LogP contribution in [0.4, 0.5) is 0 Å². The van der Waals surface area contributed by atoms with Crippen molar-refractivity contribution in [3.8, 4) is 17.2 Å². The Morgan fingerprint density at radius 3 is 2.70 bits per heavy atom. The zero-order chi connectivity index (χ0) is 19.0. The summed E-state index contributed by atoms with van der Waals surface area (Å²) in [4.78, 5) is 0. The van der Waals surface area contributed by atoms with Gasteiger partial charge in [0, 0.05) is 28.6 Å². The van der Waals surface area contributed by atoms with Crippen LogP contribution in [0, 0.1) is 0 Å². The number of hydrogen-bond acceptors (Lipinski definition) is 6. The number of ether oxygens (including phenoxy) is 3. The molecule has 1 aromatic heterocycles. The smallest absolute Gasteiger partial charge is 0.168 e. The highest BCUT2D eigenvalue weighted by molar-refractivity contribution is 5.81. The Labute approximate surface area is 155 Å². The lowest BCUT2D eigenvalue weighted by Crippen LogP contribution is -2.41. The van der Waals surface area contributed by atoms with Gasteiger partial charge in [-0.1, -0.05) is 0 Å². The number of hydrogen-bond donors (Lipinski definition) is 2. The second-order valence-corrected chi connectivity index (χ2v) is 7.67. The fourth-order valence-electron chi connectivity index (χ4n) is 3.83. The van der Waals surface area contributed by atoms with Gasteiger partial charge in [0.15, 0.2) is 11.7 Å². The molecular formula is C21H20O6. The second-order valence-electron chi connectivity index (χ2n) is 7.67. The molecule has 3 aromatic rings. The summed E-state index contributed by atoms with van der Waals surface area (Å²) in [5.41, 5.74) is -0.311. The van der Waals surface area contributed by atoms with Crippen LogP contribution in [0.15, 0.2) is 40.8 Å². The number of methoxy groups -OCH3 is 1. The summed E-state index contributed by atoms with van der Waals surface area (Å²) < 4.78 is 23.0. The van der Waals surface area contributed by atoms with Crippen molar-refractivity contribution in [2.75, 3.05) is 13.7 Å². The maximum Gasteiger partial charge on any atom is 0.168 e. The highest BCUT2D eigenvalue weighted by Crippen LogP contribution is 2.54. The maximum absolute atomic E-state index is 11.3. The van der Waals surface area contributed by atoms with Crippen LogP contribution < -0.4 is 14.2 Å². The number of aliphatic hydroxyl groups is 2. The van der Waals surface area contributed by atoms with Crippen LogP contribution in [0.25, 0.3) is 11.0 Å². The van der Waals surface area contributed by atoms with Crippen LogP contribution in [-0.4, -0.2) is 23.9 Å². The SMILES string of the molecule is COc1ccc2c(c1)O[C@H]1c3cc4cc(C(C)(C)O)oc4cc3OC[C@@]21O. The van der Waals surface area contributed by atoms with E-state index in [-0.39, 0.29) is 6.61 Å². The standard InChI is InChI=1S/C21H20O6/c1-20(2,22)18-7-11-6-13-16(9-15(11)26-18)25-10-21(23)14-5-4-12(24-3)8-17(14)27-19(13)21/h4-9,19,22-23H,10H2,1-3H3/t19-,21+/m0/s1. The van der Waals surface area contributed by atoms with E-state index in [1.807, 2.05) is 12.1 Å². The molecule has 3 heterocycles. The van der Waals surface area contributed by atoms with Crippen molar-refractivity contribution in [3.63, 3.8) is 0 Å². The van der Waals surface area contributed by atoms with Gasteiger partial charge < -0.3 is 28.8 Å². The summed E-state index contributed by atoms with van der Waals surface area (Å²) >= 11 is 0. The lowest BCUT2D eigenvalue weighted by molar-refractivity contribution is -0.0862. The molecule has 0 amide bonds. The van der Waals surface area contributed by atoms with Gasteiger partial charge >= 0.3 is 0 Å². The molecule has 0 spiro atoms. The summed E-state index contributed by atoms with van der Waals surface area (Å²) in [6.45, 7) is 3.42. The van der Waals surface area contributed by atoms with E-state index in [4.69, 9.17) is 18.6 Å². The molecule has 6 nitrogen and oxygen atoms in total. The van der Waals surface area contributed by atoms with Crippen molar-refractivity contribution in [1.29, 1.82) is 0 Å². The summed E-state index contributed by atoms with van der Waals surface area (Å²) in [5, 5.41) is 22.4. The molecular weight excluding hydrogens is 348 g/mol. The topological polar surface area (TPSA) is 81.3 Å². The molecule has 0 saturated carbocycles. The third kappa shape index (κ3) is 2.27. The average molecular weight is 368 g/mol. The molecule has 27 heavy (non-hydrogen) atoms. The van der Waals surface area contributed by atoms with E-state index in [0.29, 0.717) is 34.2 Å². The predicted molar refractivity (Wildman–Crippen MR) is 97.2 cm³/mol. The molecule has 2 N–H and O–H groups in total. The van der Waals surface area contributed by atoms with Crippen molar-refractivity contribution < 1.29 is 28.8 Å². The molecule has 5 rings (SSSR count). The molecule has 6 heteroatoms. The Kier molecular flexibility index (Phi) is 3.16. The van der Waals surface area contributed by atoms with E-state index < -0.39 is 17.3 Å². The Morgan fingerprint density at radius 2 is 1.96 bits per heavy atom. The minimum Gasteiger partial charge on any atom is -0.497 e. The molecule has 0 aliphatic carbocycles. The molecule has 0 unspecified atom stereocenters. The highest BCUT2D eigenvalue weighted by Gasteiger charge is 2.53. The first-order valence-electron chi connectivity index (χ1n) is 8.80. The summed E-state index contributed by atoms with van der Waals surface area (Å²) in [6.07, 6.45) is -0.590. The van der Waals surface area contributed by atoms with Gasteiger partial charge in [0.05, 0.1) is 7.11 Å². The van der Waals surface area contributed by atoms with Gasteiger partial charge in [0.2, 0.25) is 0 Å². The fraction of sp³-hybridized carbons (Fsp3) is 0.333. The minimum absolute atomic E-state index is 0.0779. The summed E-state index contributed by atoms with van der Waals surface area (Å²) in [6, 6.07) is 10.9. The van der Waals surface area contributed by atoms with Gasteiger partial charge in [0.1, 0.15) is 40.8 Å². The Hall–Kier alpha value is -2.70. The van der Waals surface area contributed by atoms with Crippen LogP contribution in [-0.2, 0) is 11.2 Å². The number of rotatable bonds is 2. The molecule has 140 valence electrons. The Bertz CT molecular complexity index is 1060. The van der Waals surface area contributed by atoms with E-state index in [2.05, 4.69) is 0 Å². The minimum atomic E-state index is -1.27. The van der Waals surface area contributed by atoms with E-state index in [1.54, 1.807) is 45.2 Å². The number of furan rings is 1.